The zero-order valence-electron chi connectivity index (χ0n) is 19.8. The molecule has 5 rings (SSSR count). The normalized spacial score (nSPS) is 25.3. The minimum Gasteiger partial charge on any atom is -0.511 e. The number of amides is 1. The van der Waals surface area contributed by atoms with Gasteiger partial charge in [-0.25, -0.2) is 0 Å². The number of carbonyl (C=O) groups excluding carboxylic acids is 3. The third kappa shape index (κ3) is 3.09. The summed E-state index contributed by atoms with van der Waals surface area (Å²) in [5.74, 6) is -6.36. The number of ketones is 2. The van der Waals surface area contributed by atoms with Gasteiger partial charge < -0.3 is 31.1 Å². The van der Waals surface area contributed by atoms with E-state index in [1.807, 2.05) is 31.1 Å². The Morgan fingerprint density at radius 3 is 2.36 bits per heavy atom. The van der Waals surface area contributed by atoms with Gasteiger partial charge >= 0.3 is 0 Å². The highest BCUT2D eigenvalue weighted by molar-refractivity contribution is 6.24. The number of allylic oxidation sites excluding steroid dienone is 2. The Labute approximate surface area is 206 Å². The van der Waals surface area contributed by atoms with Crippen molar-refractivity contribution in [3.8, 4) is 16.9 Å². The van der Waals surface area contributed by atoms with Crippen LogP contribution in [0.2, 0.25) is 0 Å². The number of nitrogens with zero attached hydrogens (tertiary/aromatic N) is 1. The number of hydrogen-bond donors (Lipinski definition) is 5. The average Bonchev–Trinajstić information content (AvgIpc) is 2.81. The molecular formula is C27H26N2O7. The van der Waals surface area contributed by atoms with Gasteiger partial charge in [-0.1, -0.05) is 30.3 Å². The molecule has 36 heavy (non-hydrogen) atoms. The topological polar surface area (TPSA) is 161 Å². The van der Waals surface area contributed by atoms with E-state index in [0.29, 0.717) is 22.4 Å². The molecule has 9 nitrogen and oxygen atoms in total. The summed E-state index contributed by atoms with van der Waals surface area (Å²) < 4.78 is 0. The van der Waals surface area contributed by atoms with Crippen LogP contribution in [0.15, 0.2) is 59.1 Å². The number of benzene rings is 2. The minimum absolute atomic E-state index is 0.00308. The molecule has 0 spiro atoms. The van der Waals surface area contributed by atoms with E-state index in [-0.39, 0.29) is 36.1 Å². The Morgan fingerprint density at radius 1 is 1.08 bits per heavy atom. The first-order valence-electron chi connectivity index (χ1n) is 11.6. The lowest BCUT2D eigenvalue weighted by atomic mass is 9.60. The van der Waals surface area contributed by atoms with E-state index in [4.69, 9.17) is 5.73 Å². The Hall–Kier alpha value is -4.11. The molecule has 1 amide bonds. The third-order valence-corrected chi connectivity index (χ3v) is 7.60. The number of phenols is 1. The average molecular weight is 491 g/mol. The molecule has 2 aromatic rings. The molecule has 3 aliphatic carbocycles. The molecule has 6 N–H and O–H groups in total. The molecule has 0 aromatic heterocycles. The van der Waals surface area contributed by atoms with Gasteiger partial charge in [-0.2, -0.15) is 0 Å². The molecule has 186 valence electrons. The zero-order valence-corrected chi connectivity index (χ0v) is 19.8. The van der Waals surface area contributed by atoms with Gasteiger partial charge in [-0.05, 0) is 36.0 Å². The maximum Gasteiger partial charge on any atom is 0.255 e. The first kappa shape index (κ1) is 23.6. The van der Waals surface area contributed by atoms with Crippen molar-refractivity contribution in [3.05, 3.63) is 70.2 Å². The molecule has 0 bridgehead atoms. The smallest absolute Gasteiger partial charge is 0.255 e. The number of carbonyl (C=O) groups is 3. The maximum absolute atomic E-state index is 13.9. The van der Waals surface area contributed by atoms with E-state index < -0.39 is 52.0 Å². The summed E-state index contributed by atoms with van der Waals surface area (Å²) >= 11 is 0. The summed E-state index contributed by atoms with van der Waals surface area (Å²) in [6.07, 6.45) is 0.0929. The third-order valence-electron chi connectivity index (χ3n) is 7.60. The molecule has 9 heteroatoms. The van der Waals surface area contributed by atoms with Crippen molar-refractivity contribution in [1.82, 2.24) is 0 Å². The lowest BCUT2D eigenvalue weighted by Gasteiger charge is -2.46. The number of phenolic OH excluding ortho intramolecular Hbond substituents is 1. The summed E-state index contributed by atoms with van der Waals surface area (Å²) in [6.45, 7) is 0. The number of aliphatic hydroxyl groups excluding tert-OH is 2. The summed E-state index contributed by atoms with van der Waals surface area (Å²) in [5.41, 5.74) is 4.12. The predicted molar refractivity (Wildman–Crippen MR) is 131 cm³/mol. The van der Waals surface area contributed by atoms with Gasteiger partial charge in [0.2, 0.25) is 5.78 Å². The van der Waals surface area contributed by atoms with Gasteiger partial charge in [0.25, 0.3) is 5.91 Å². The second-order valence-electron chi connectivity index (χ2n) is 9.82. The van der Waals surface area contributed by atoms with Crippen LogP contribution in [-0.4, -0.2) is 57.6 Å². The summed E-state index contributed by atoms with van der Waals surface area (Å²) in [5, 5.41) is 44.1. The summed E-state index contributed by atoms with van der Waals surface area (Å²) in [7, 11) is 3.64. The number of aliphatic hydroxyl groups is 3. The van der Waals surface area contributed by atoms with Crippen molar-refractivity contribution in [2.75, 3.05) is 19.0 Å². The Balaban J connectivity index is 1.73. The highest BCUT2D eigenvalue weighted by Crippen LogP contribution is 2.53. The van der Waals surface area contributed by atoms with Gasteiger partial charge in [0.05, 0.1) is 5.56 Å². The van der Waals surface area contributed by atoms with Crippen molar-refractivity contribution in [3.63, 3.8) is 0 Å². The lowest BCUT2D eigenvalue weighted by Crippen LogP contribution is -2.57. The number of anilines is 1. The standard InChI is InChI=1S/C27H26N2O7/c1-29(2)17-11-15(12-6-4-3-5-7-12)22(31)20-16(17)9-13-8-14-10-18(30)21(26(28)35)25(34)27(14,36)24(33)19(13)23(20)32/h3-7,11,13-14,30-31,33,36H,8-10H2,1-2H3,(H2,28,35)/t13?,14?,27-/m0/s1. The van der Waals surface area contributed by atoms with Crippen molar-refractivity contribution < 1.29 is 34.8 Å². The summed E-state index contributed by atoms with van der Waals surface area (Å²) in [4.78, 5) is 40.6. The fraction of sp³-hybridized carbons (Fsp3) is 0.296. The van der Waals surface area contributed by atoms with Crippen molar-refractivity contribution in [2.24, 2.45) is 17.6 Å². The zero-order chi connectivity index (χ0) is 26.1. The second-order valence-corrected chi connectivity index (χ2v) is 9.82. The van der Waals surface area contributed by atoms with Crippen LogP contribution in [-0.2, 0) is 16.0 Å². The van der Waals surface area contributed by atoms with E-state index in [1.54, 1.807) is 24.3 Å². The number of hydrogen-bond acceptors (Lipinski definition) is 8. The molecule has 0 heterocycles. The monoisotopic (exact) mass is 490 g/mol. The van der Waals surface area contributed by atoms with Crippen LogP contribution < -0.4 is 10.6 Å². The number of rotatable bonds is 3. The van der Waals surface area contributed by atoms with Crippen molar-refractivity contribution in [1.29, 1.82) is 0 Å². The highest BCUT2D eigenvalue weighted by Gasteiger charge is 2.59. The van der Waals surface area contributed by atoms with Gasteiger partial charge in [-0.15, -0.1) is 0 Å². The van der Waals surface area contributed by atoms with E-state index in [1.165, 1.54) is 0 Å². The first-order chi connectivity index (χ1) is 17.0. The summed E-state index contributed by atoms with van der Waals surface area (Å²) in [6, 6.07) is 10.8. The lowest BCUT2D eigenvalue weighted by molar-refractivity contribution is -0.144. The number of Topliss-reactive ketones (excluding diaryl/α,β-unsaturated/α-hetero) is 2. The van der Waals surface area contributed by atoms with E-state index in [9.17, 15) is 34.8 Å². The van der Waals surface area contributed by atoms with Crippen LogP contribution in [0.25, 0.3) is 11.1 Å². The Bertz CT molecular complexity index is 1410. The second kappa shape index (κ2) is 7.96. The van der Waals surface area contributed by atoms with Gasteiger partial charge in [0.1, 0.15) is 22.8 Å². The van der Waals surface area contributed by atoms with Gasteiger partial charge in [0.15, 0.2) is 11.4 Å². The van der Waals surface area contributed by atoms with Crippen LogP contribution in [0, 0.1) is 11.8 Å². The number of nitrogens with two attached hydrogens (primary N) is 1. The molecule has 0 aliphatic heterocycles. The quantitative estimate of drug-likeness (QED) is 0.410. The molecule has 3 atom stereocenters. The van der Waals surface area contributed by atoms with Crippen LogP contribution in [0.5, 0.6) is 5.75 Å². The first-order valence-corrected chi connectivity index (χ1v) is 11.6. The van der Waals surface area contributed by atoms with E-state index in [2.05, 4.69) is 0 Å². The van der Waals surface area contributed by atoms with Crippen LogP contribution in [0.1, 0.15) is 28.8 Å². The molecule has 0 fully saturated rings. The van der Waals surface area contributed by atoms with E-state index >= 15 is 0 Å². The van der Waals surface area contributed by atoms with Crippen LogP contribution in [0.3, 0.4) is 0 Å². The molecule has 0 radical (unpaired) electrons. The molecule has 0 saturated heterocycles. The van der Waals surface area contributed by atoms with Crippen LogP contribution in [0.4, 0.5) is 5.69 Å². The minimum atomic E-state index is -2.58. The highest BCUT2D eigenvalue weighted by atomic mass is 16.3. The molecule has 0 saturated carbocycles. The number of fused-ring (bicyclic) bond motifs is 3. The van der Waals surface area contributed by atoms with E-state index in [0.717, 1.165) is 0 Å². The molecule has 3 aliphatic rings. The maximum atomic E-state index is 13.9. The fourth-order valence-corrected chi connectivity index (χ4v) is 5.90. The fourth-order valence-electron chi connectivity index (χ4n) is 5.90. The van der Waals surface area contributed by atoms with Gasteiger partial charge in [0, 0.05) is 43.3 Å². The van der Waals surface area contributed by atoms with Crippen molar-refractivity contribution >= 4 is 23.2 Å². The molecular weight excluding hydrogens is 464 g/mol. The molecule has 2 aromatic carbocycles. The number of primary amides is 1. The predicted octanol–water partition coefficient (Wildman–Crippen LogP) is 2.31. The van der Waals surface area contributed by atoms with Crippen LogP contribution >= 0.6 is 0 Å². The Morgan fingerprint density at radius 2 is 1.75 bits per heavy atom. The molecule has 2 unspecified atom stereocenters. The van der Waals surface area contributed by atoms with Gasteiger partial charge in [-0.3, -0.25) is 14.4 Å². The number of aromatic hydroxyl groups is 1. The van der Waals surface area contributed by atoms with Crippen molar-refractivity contribution in [2.45, 2.75) is 24.9 Å². The Kier molecular flexibility index (Phi) is 5.22. The SMILES string of the molecule is CN(C)c1cc(-c2ccccc2)c(O)c2c1CC1CC3CC(O)=C(C(N)=O)C(=O)[C@@]3(O)C(O)=C1C2=O. The largest absolute Gasteiger partial charge is 0.511 e.